The Hall–Kier alpha value is -2.21. The van der Waals surface area contributed by atoms with Gasteiger partial charge in [-0.05, 0) is 19.1 Å². The van der Waals surface area contributed by atoms with Crippen LogP contribution in [-0.2, 0) is 0 Å². The summed E-state index contributed by atoms with van der Waals surface area (Å²) in [6, 6.07) is 4.70. The molecular weight excluding hydrogens is 258 g/mol. The number of aromatic nitrogens is 2. The number of hydrogen-bond donors (Lipinski definition) is 0. The lowest BCUT2D eigenvalue weighted by Crippen LogP contribution is -1.95. The molecule has 2 rings (SSSR count). The highest BCUT2D eigenvalue weighted by Crippen LogP contribution is 2.24. The fourth-order valence-corrected chi connectivity index (χ4v) is 1.43. The van der Waals surface area contributed by atoms with E-state index in [0.29, 0.717) is 16.5 Å². The predicted octanol–water partition coefficient (Wildman–Crippen LogP) is 3.14. The highest BCUT2D eigenvalue weighted by Gasteiger charge is 2.12. The van der Waals surface area contributed by atoms with Crippen LogP contribution in [0, 0.1) is 17.0 Å². The van der Waals surface area contributed by atoms with Crippen molar-refractivity contribution < 1.29 is 9.66 Å². The van der Waals surface area contributed by atoms with Crippen molar-refractivity contribution >= 4 is 17.3 Å². The number of pyridine rings is 2. The minimum atomic E-state index is -0.490. The fourth-order valence-electron chi connectivity index (χ4n) is 1.31. The van der Waals surface area contributed by atoms with Gasteiger partial charge in [-0.3, -0.25) is 10.1 Å². The third-order valence-electron chi connectivity index (χ3n) is 2.18. The number of rotatable bonds is 3. The van der Waals surface area contributed by atoms with Crippen LogP contribution in [-0.4, -0.2) is 14.9 Å². The van der Waals surface area contributed by atoms with Gasteiger partial charge in [0.1, 0.15) is 17.1 Å². The molecule has 0 fully saturated rings. The Kier molecular flexibility index (Phi) is 3.38. The minimum absolute atomic E-state index is 0.0448. The van der Waals surface area contributed by atoms with Crippen molar-refractivity contribution in [2.24, 2.45) is 0 Å². The Morgan fingerprint density at radius 2 is 2.11 bits per heavy atom. The quantitative estimate of drug-likeness (QED) is 0.484. The van der Waals surface area contributed by atoms with Crippen molar-refractivity contribution in [2.75, 3.05) is 0 Å². The van der Waals surface area contributed by atoms with Crippen LogP contribution in [0.15, 0.2) is 30.6 Å². The van der Waals surface area contributed by atoms with Crippen LogP contribution in [0.1, 0.15) is 5.56 Å². The Bertz CT molecular complexity index is 587. The molecule has 0 unspecified atom stereocenters. The maximum atomic E-state index is 10.6. The zero-order chi connectivity index (χ0) is 13.1. The molecule has 0 N–H and O–H groups in total. The van der Waals surface area contributed by atoms with Crippen molar-refractivity contribution in [1.82, 2.24) is 9.97 Å². The monoisotopic (exact) mass is 265 g/mol. The van der Waals surface area contributed by atoms with E-state index in [2.05, 4.69) is 9.97 Å². The Labute approximate surface area is 107 Å². The van der Waals surface area contributed by atoms with E-state index in [9.17, 15) is 10.1 Å². The summed E-state index contributed by atoms with van der Waals surface area (Å²) < 4.78 is 5.39. The highest BCUT2D eigenvalue weighted by atomic mass is 35.5. The van der Waals surface area contributed by atoms with Crippen molar-refractivity contribution in [3.63, 3.8) is 0 Å². The number of halogens is 1. The van der Waals surface area contributed by atoms with Crippen molar-refractivity contribution in [1.29, 1.82) is 0 Å². The van der Waals surface area contributed by atoms with Gasteiger partial charge in [-0.2, -0.15) is 0 Å². The maximum absolute atomic E-state index is 10.6. The zero-order valence-electron chi connectivity index (χ0n) is 9.33. The summed E-state index contributed by atoms with van der Waals surface area (Å²) in [6.07, 6.45) is 2.61. The van der Waals surface area contributed by atoms with E-state index in [1.54, 1.807) is 19.1 Å². The van der Waals surface area contributed by atoms with Crippen LogP contribution < -0.4 is 4.74 Å². The molecule has 0 amide bonds. The Balaban J connectivity index is 2.22. The number of hydrogen-bond acceptors (Lipinski definition) is 5. The third kappa shape index (κ3) is 2.72. The van der Waals surface area contributed by atoms with E-state index < -0.39 is 4.92 Å². The average Bonchev–Trinajstić information content (AvgIpc) is 2.32. The SMILES string of the molecule is Cc1cc(Oc2ccc(Cl)nc2)ncc1[N+](=O)[O-]. The van der Waals surface area contributed by atoms with E-state index >= 15 is 0 Å². The van der Waals surface area contributed by atoms with E-state index in [1.807, 2.05) is 0 Å². The molecule has 0 spiro atoms. The number of ether oxygens (including phenoxy) is 1. The van der Waals surface area contributed by atoms with Gasteiger partial charge in [0.2, 0.25) is 5.88 Å². The van der Waals surface area contributed by atoms with E-state index in [1.165, 1.54) is 12.3 Å². The lowest BCUT2D eigenvalue weighted by Gasteiger charge is -2.04. The molecule has 0 aromatic carbocycles. The summed E-state index contributed by atoms with van der Waals surface area (Å²) in [7, 11) is 0. The van der Waals surface area contributed by atoms with Crippen LogP contribution in [0.2, 0.25) is 5.15 Å². The molecule has 2 aromatic rings. The van der Waals surface area contributed by atoms with E-state index in [0.717, 1.165) is 6.20 Å². The first-order chi connectivity index (χ1) is 8.56. The third-order valence-corrected chi connectivity index (χ3v) is 2.40. The first kappa shape index (κ1) is 12.3. The zero-order valence-corrected chi connectivity index (χ0v) is 10.1. The van der Waals surface area contributed by atoms with Gasteiger partial charge in [0, 0.05) is 11.6 Å². The smallest absolute Gasteiger partial charge is 0.290 e. The topological polar surface area (TPSA) is 78.2 Å². The molecule has 0 saturated carbocycles. The van der Waals surface area contributed by atoms with Gasteiger partial charge in [-0.1, -0.05) is 11.6 Å². The molecule has 0 atom stereocenters. The molecule has 0 aliphatic carbocycles. The first-order valence-electron chi connectivity index (χ1n) is 4.96. The van der Waals surface area contributed by atoms with Crippen molar-refractivity contribution in [2.45, 2.75) is 6.92 Å². The van der Waals surface area contributed by atoms with Crippen LogP contribution >= 0.6 is 11.6 Å². The maximum Gasteiger partial charge on any atom is 0.290 e. The second kappa shape index (κ2) is 4.97. The fraction of sp³-hybridized carbons (Fsp3) is 0.0909. The average molecular weight is 266 g/mol. The van der Waals surface area contributed by atoms with Gasteiger partial charge >= 0.3 is 0 Å². The molecule has 18 heavy (non-hydrogen) atoms. The minimum Gasteiger partial charge on any atom is -0.437 e. The summed E-state index contributed by atoms with van der Waals surface area (Å²) in [6.45, 7) is 1.62. The molecule has 2 aromatic heterocycles. The van der Waals surface area contributed by atoms with Crippen LogP contribution in [0.5, 0.6) is 11.6 Å². The largest absolute Gasteiger partial charge is 0.437 e. The summed E-state index contributed by atoms with van der Waals surface area (Å²) in [4.78, 5) is 17.8. The standard InChI is InChI=1S/C11H8ClN3O3/c1-7-4-11(14-6-9(7)15(16)17)18-8-2-3-10(12)13-5-8/h2-6H,1H3. The van der Waals surface area contributed by atoms with E-state index in [-0.39, 0.29) is 11.6 Å². The molecule has 7 heteroatoms. The van der Waals surface area contributed by atoms with Gasteiger partial charge < -0.3 is 4.74 Å². The Morgan fingerprint density at radius 3 is 2.67 bits per heavy atom. The lowest BCUT2D eigenvalue weighted by molar-refractivity contribution is -0.385. The van der Waals surface area contributed by atoms with E-state index in [4.69, 9.17) is 16.3 Å². The van der Waals surface area contributed by atoms with Crippen LogP contribution in [0.25, 0.3) is 0 Å². The number of aryl methyl sites for hydroxylation is 1. The molecule has 2 heterocycles. The molecule has 0 aliphatic heterocycles. The molecule has 0 saturated heterocycles. The normalized spacial score (nSPS) is 10.1. The molecule has 0 aliphatic rings. The van der Waals surface area contributed by atoms with Crippen molar-refractivity contribution in [3.8, 4) is 11.6 Å². The first-order valence-corrected chi connectivity index (χ1v) is 5.34. The Morgan fingerprint density at radius 1 is 1.33 bits per heavy atom. The van der Waals surface area contributed by atoms with Gasteiger partial charge in [-0.15, -0.1) is 0 Å². The van der Waals surface area contributed by atoms with Crippen LogP contribution in [0.4, 0.5) is 5.69 Å². The summed E-state index contributed by atoms with van der Waals surface area (Å²) in [5.74, 6) is 0.724. The summed E-state index contributed by atoms with van der Waals surface area (Å²) >= 11 is 5.64. The summed E-state index contributed by atoms with van der Waals surface area (Å²) in [5.41, 5.74) is 0.434. The molecule has 6 nitrogen and oxygen atoms in total. The number of nitrogens with zero attached hydrogens (tertiary/aromatic N) is 3. The van der Waals surface area contributed by atoms with Gasteiger partial charge in [0.15, 0.2) is 0 Å². The molecule has 0 bridgehead atoms. The highest BCUT2D eigenvalue weighted by molar-refractivity contribution is 6.29. The lowest BCUT2D eigenvalue weighted by atomic mass is 10.2. The van der Waals surface area contributed by atoms with Gasteiger partial charge in [-0.25, -0.2) is 9.97 Å². The van der Waals surface area contributed by atoms with Crippen LogP contribution in [0.3, 0.4) is 0 Å². The summed E-state index contributed by atoms with van der Waals surface area (Å²) in [5, 5.41) is 11.0. The van der Waals surface area contributed by atoms with Gasteiger partial charge in [0.25, 0.3) is 5.69 Å². The number of nitro groups is 1. The van der Waals surface area contributed by atoms with Crippen molar-refractivity contribution in [3.05, 3.63) is 51.4 Å². The predicted molar refractivity (Wildman–Crippen MR) is 64.9 cm³/mol. The second-order valence-electron chi connectivity index (χ2n) is 3.48. The molecule has 0 radical (unpaired) electrons. The molecule has 92 valence electrons. The van der Waals surface area contributed by atoms with Gasteiger partial charge in [0.05, 0.1) is 11.1 Å². The molecular formula is C11H8ClN3O3. The second-order valence-corrected chi connectivity index (χ2v) is 3.87.